The molecule has 0 aliphatic heterocycles. The molecule has 0 radical (unpaired) electrons. The number of nitrogens with zero attached hydrogens (tertiary/aromatic N) is 3. The van der Waals surface area contributed by atoms with Crippen LogP contribution < -0.4 is 10.1 Å². The highest BCUT2D eigenvalue weighted by molar-refractivity contribution is 5.95. The maximum Gasteiger partial charge on any atom is 0.260 e. The molecule has 8 heteroatoms. The van der Waals surface area contributed by atoms with Crippen LogP contribution in [0.2, 0.25) is 0 Å². The highest BCUT2D eigenvalue weighted by atomic mass is 16.5. The maximum absolute atomic E-state index is 12.3. The third kappa shape index (κ3) is 5.19. The minimum absolute atomic E-state index is 0.0634. The van der Waals surface area contributed by atoms with Crippen LogP contribution in [0, 0.1) is 13.8 Å². The van der Waals surface area contributed by atoms with E-state index in [9.17, 15) is 9.59 Å². The van der Waals surface area contributed by atoms with Crippen LogP contribution in [0.3, 0.4) is 0 Å². The SMILES string of the molecule is Cc1cccc(C)c1NC(=O)CN(C)C(=O)COc1ccc(-c2nnco2)cc1. The Morgan fingerprint density at radius 2 is 1.79 bits per heavy atom. The number of carbonyl (C=O) groups is 2. The summed E-state index contributed by atoms with van der Waals surface area (Å²) >= 11 is 0. The van der Waals surface area contributed by atoms with Crippen molar-refractivity contribution in [3.8, 4) is 17.2 Å². The van der Waals surface area contributed by atoms with Gasteiger partial charge in [-0.25, -0.2) is 0 Å². The van der Waals surface area contributed by atoms with Gasteiger partial charge in [-0.05, 0) is 49.2 Å². The van der Waals surface area contributed by atoms with Crippen LogP contribution in [0.5, 0.6) is 5.75 Å². The summed E-state index contributed by atoms with van der Waals surface area (Å²) in [5.41, 5.74) is 3.47. The number of rotatable bonds is 7. The second-order valence-electron chi connectivity index (χ2n) is 6.62. The molecule has 0 atom stereocenters. The summed E-state index contributed by atoms with van der Waals surface area (Å²) in [5.74, 6) is 0.363. The van der Waals surface area contributed by atoms with Gasteiger partial charge in [-0.15, -0.1) is 10.2 Å². The van der Waals surface area contributed by atoms with Gasteiger partial charge in [0.1, 0.15) is 5.75 Å². The third-order valence-electron chi connectivity index (χ3n) is 4.38. The summed E-state index contributed by atoms with van der Waals surface area (Å²) in [6.45, 7) is 3.61. The summed E-state index contributed by atoms with van der Waals surface area (Å²) in [4.78, 5) is 25.9. The van der Waals surface area contributed by atoms with Crippen molar-refractivity contribution in [1.82, 2.24) is 15.1 Å². The molecule has 150 valence electrons. The molecule has 0 spiro atoms. The van der Waals surface area contributed by atoms with Crippen molar-refractivity contribution in [1.29, 1.82) is 0 Å². The lowest BCUT2D eigenvalue weighted by molar-refractivity contribution is -0.135. The predicted molar refractivity (Wildman–Crippen MR) is 107 cm³/mol. The van der Waals surface area contributed by atoms with Crippen LogP contribution in [0.15, 0.2) is 53.3 Å². The first-order chi connectivity index (χ1) is 13.9. The zero-order chi connectivity index (χ0) is 20.8. The van der Waals surface area contributed by atoms with E-state index in [2.05, 4.69) is 15.5 Å². The molecule has 29 heavy (non-hydrogen) atoms. The summed E-state index contributed by atoms with van der Waals surface area (Å²) in [6.07, 6.45) is 1.25. The van der Waals surface area contributed by atoms with Gasteiger partial charge in [0.2, 0.25) is 18.2 Å². The lowest BCUT2D eigenvalue weighted by Gasteiger charge is -2.18. The molecule has 3 aromatic rings. The third-order valence-corrected chi connectivity index (χ3v) is 4.38. The van der Waals surface area contributed by atoms with Crippen molar-refractivity contribution in [3.63, 3.8) is 0 Å². The Morgan fingerprint density at radius 3 is 2.41 bits per heavy atom. The molecule has 1 aromatic heterocycles. The molecule has 0 aliphatic carbocycles. The van der Waals surface area contributed by atoms with Crippen LogP contribution >= 0.6 is 0 Å². The van der Waals surface area contributed by atoms with Gasteiger partial charge in [0.25, 0.3) is 5.91 Å². The molecule has 0 unspecified atom stereocenters. The van der Waals surface area contributed by atoms with E-state index in [1.165, 1.54) is 11.3 Å². The first-order valence-electron chi connectivity index (χ1n) is 9.03. The van der Waals surface area contributed by atoms with Gasteiger partial charge in [0.05, 0.1) is 6.54 Å². The van der Waals surface area contributed by atoms with Crippen molar-refractivity contribution in [2.24, 2.45) is 0 Å². The molecule has 2 aromatic carbocycles. The molecule has 0 saturated heterocycles. The first-order valence-corrected chi connectivity index (χ1v) is 9.03. The lowest BCUT2D eigenvalue weighted by Crippen LogP contribution is -2.37. The highest BCUT2D eigenvalue weighted by Crippen LogP contribution is 2.20. The number of nitrogens with one attached hydrogen (secondary N) is 1. The van der Waals surface area contributed by atoms with E-state index >= 15 is 0 Å². The number of aryl methyl sites for hydroxylation is 2. The number of amides is 2. The van der Waals surface area contributed by atoms with Gasteiger partial charge in [-0.3, -0.25) is 9.59 Å². The predicted octanol–water partition coefficient (Wildman–Crippen LogP) is 2.83. The Bertz CT molecular complexity index is 964. The largest absolute Gasteiger partial charge is 0.484 e. The average Bonchev–Trinajstić information content (AvgIpc) is 3.24. The van der Waals surface area contributed by atoms with Crippen LogP contribution in [0.1, 0.15) is 11.1 Å². The average molecular weight is 394 g/mol. The first kappa shape index (κ1) is 20.1. The fourth-order valence-electron chi connectivity index (χ4n) is 2.74. The zero-order valence-electron chi connectivity index (χ0n) is 16.5. The second kappa shape index (κ2) is 9.01. The van der Waals surface area contributed by atoms with E-state index in [4.69, 9.17) is 9.15 Å². The number of aromatic nitrogens is 2. The molecule has 1 heterocycles. The number of benzene rings is 2. The van der Waals surface area contributed by atoms with Gasteiger partial charge < -0.3 is 19.4 Å². The van der Waals surface area contributed by atoms with Crippen LogP contribution in [0.25, 0.3) is 11.5 Å². The van der Waals surface area contributed by atoms with Crippen molar-refractivity contribution < 1.29 is 18.7 Å². The van der Waals surface area contributed by atoms with Crippen LogP contribution in [0.4, 0.5) is 5.69 Å². The van der Waals surface area contributed by atoms with Crippen LogP contribution in [-0.2, 0) is 9.59 Å². The van der Waals surface area contributed by atoms with Gasteiger partial charge in [0.15, 0.2) is 6.61 Å². The summed E-state index contributed by atoms with van der Waals surface area (Å²) < 4.78 is 10.6. The van der Waals surface area contributed by atoms with Crippen LogP contribution in [-0.4, -0.2) is 47.1 Å². The van der Waals surface area contributed by atoms with E-state index in [1.54, 1.807) is 31.3 Å². The normalized spacial score (nSPS) is 10.4. The van der Waals surface area contributed by atoms with Crippen molar-refractivity contribution >= 4 is 17.5 Å². The number of para-hydroxylation sites is 1. The topological polar surface area (TPSA) is 97.6 Å². The fourth-order valence-corrected chi connectivity index (χ4v) is 2.74. The van der Waals surface area contributed by atoms with Crippen molar-refractivity contribution in [2.45, 2.75) is 13.8 Å². The zero-order valence-corrected chi connectivity index (χ0v) is 16.5. The van der Waals surface area contributed by atoms with Gasteiger partial charge in [0, 0.05) is 18.3 Å². The Hall–Kier alpha value is -3.68. The Morgan fingerprint density at radius 1 is 1.10 bits per heavy atom. The van der Waals surface area contributed by atoms with E-state index in [-0.39, 0.29) is 25.0 Å². The van der Waals surface area contributed by atoms with Crippen molar-refractivity contribution in [3.05, 3.63) is 60.0 Å². The molecular weight excluding hydrogens is 372 g/mol. The number of anilines is 1. The Kier molecular flexibility index (Phi) is 6.23. The number of carbonyl (C=O) groups excluding carboxylic acids is 2. The maximum atomic E-state index is 12.3. The summed E-state index contributed by atoms with van der Waals surface area (Å²) in [7, 11) is 1.56. The highest BCUT2D eigenvalue weighted by Gasteiger charge is 2.15. The fraction of sp³-hybridized carbons (Fsp3) is 0.238. The van der Waals surface area contributed by atoms with Crippen molar-refractivity contribution in [2.75, 3.05) is 25.5 Å². The van der Waals surface area contributed by atoms with E-state index in [1.807, 2.05) is 32.0 Å². The minimum atomic E-state index is -0.303. The number of hydrogen-bond acceptors (Lipinski definition) is 6. The molecular formula is C21H22N4O4. The number of ether oxygens (including phenoxy) is 1. The molecule has 0 saturated carbocycles. The van der Waals surface area contributed by atoms with E-state index in [0.29, 0.717) is 11.6 Å². The smallest absolute Gasteiger partial charge is 0.260 e. The quantitative estimate of drug-likeness (QED) is 0.662. The lowest BCUT2D eigenvalue weighted by atomic mass is 10.1. The minimum Gasteiger partial charge on any atom is -0.484 e. The van der Waals surface area contributed by atoms with Gasteiger partial charge in [-0.1, -0.05) is 18.2 Å². The second-order valence-corrected chi connectivity index (χ2v) is 6.62. The summed E-state index contributed by atoms with van der Waals surface area (Å²) in [6, 6.07) is 12.7. The standard InChI is InChI=1S/C21H22N4O4/c1-14-5-4-6-15(2)20(14)23-18(26)11-25(3)19(27)12-28-17-9-7-16(8-10-17)21-24-22-13-29-21/h4-10,13H,11-12H2,1-3H3,(H,23,26). The molecule has 0 aliphatic rings. The molecule has 1 N–H and O–H groups in total. The summed E-state index contributed by atoms with van der Waals surface area (Å²) in [5, 5.41) is 10.3. The monoisotopic (exact) mass is 394 g/mol. The van der Waals surface area contributed by atoms with E-state index in [0.717, 1.165) is 22.4 Å². The molecule has 0 bridgehead atoms. The molecule has 8 nitrogen and oxygen atoms in total. The van der Waals surface area contributed by atoms with E-state index < -0.39 is 0 Å². The Balaban J connectivity index is 1.49. The molecule has 2 amide bonds. The molecule has 0 fully saturated rings. The van der Waals surface area contributed by atoms with Gasteiger partial charge in [-0.2, -0.15) is 0 Å². The Labute approximate surface area is 168 Å². The van der Waals surface area contributed by atoms with Gasteiger partial charge >= 0.3 is 0 Å². The number of likely N-dealkylation sites (N-methyl/N-ethyl adjacent to an activating group) is 1. The number of hydrogen-bond donors (Lipinski definition) is 1. The molecule has 3 rings (SSSR count).